The highest BCUT2D eigenvalue weighted by Crippen LogP contribution is 2.37. The van der Waals surface area contributed by atoms with Gasteiger partial charge in [0, 0.05) is 29.4 Å². The Bertz CT molecular complexity index is 1180. The summed E-state index contributed by atoms with van der Waals surface area (Å²) in [5, 5.41) is 13.5. The van der Waals surface area contributed by atoms with Gasteiger partial charge >= 0.3 is 5.63 Å². The summed E-state index contributed by atoms with van der Waals surface area (Å²) >= 11 is 6.30. The van der Waals surface area contributed by atoms with E-state index in [1.807, 2.05) is 47.8 Å². The maximum Gasteiger partial charge on any atom is 0.336 e. The number of nitrogens with zero attached hydrogens (tertiary/aromatic N) is 1. The number of hydrogen-bond acceptors (Lipinski definition) is 4. The van der Waals surface area contributed by atoms with E-state index in [0.29, 0.717) is 29.6 Å². The molecule has 6 heteroatoms. The molecule has 140 valence electrons. The lowest BCUT2D eigenvalue weighted by molar-refractivity contribution is -0.686. The van der Waals surface area contributed by atoms with Crippen molar-refractivity contribution >= 4 is 22.6 Å². The highest BCUT2D eigenvalue weighted by molar-refractivity contribution is 6.33. The number of hydrogen-bond donors (Lipinski definition) is 2. The number of benzene rings is 2. The lowest BCUT2D eigenvalue weighted by atomic mass is 9.99. The highest BCUT2D eigenvalue weighted by Gasteiger charge is 2.19. The molecule has 0 atom stereocenters. The fourth-order valence-electron chi connectivity index (χ4n) is 3.27. The van der Waals surface area contributed by atoms with Crippen LogP contribution in [-0.2, 0) is 13.1 Å². The molecule has 0 saturated heterocycles. The van der Waals surface area contributed by atoms with Crippen LogP contribution in [0.15, 0.2) is 76.2 Å². The zero-order chi connectivity index (χ0) is 19.5. The van der Waals surface area contributed by atoms with E-state index in [2.05, 4.69) is 4.98 Å². The molecule has 2 aromatic carbocycles. The third-order valence-electron chi connectivity index (χ3n) is 4.62. The highest BCUT2D eigenvalue weighted by atomic mass is 35.5. The van der Waals surface area contributed by atoms with Gasteiger partial charge in [0.25, 0.3) is 0 Å². The van der Waals surface area contributed by atoms with Gasteiger partial charge in [0.15, 0.2) is 5.58 Å². The zero-order valence-electron chi connectivity index (χ0n) is 14.9. The van der Waals surface area contributed by atoms with Crippen molar-refractivity contribution in [2.45, 2.75) is 13.1 Å². The molecular formula is C22H18ClN2O3+. The first kappa shape index (κ1) is 18.2. The predicted octanol–water partition coefficient (Wildman–Crippen LogP) is 3.48. The van der Waals surface area contributed by atoms with Crippen LogP contribution in [0.3, 0.4) is 0 Å². The van der Waals surface area contributed by atoms with E-state index in [1.54, 1.807) is 18.5 Å². The Morgan fingerprint density at radius 3 is 2.54 bits per heavy atom. The van der Waals surface area contributed by atoms with Crippen LogP contribution in [0, 0.1) is 0 Å². The van der Waals surface area contributed by atoms with Crippen molar-refractivity contribution in [3.05, 3.63) is 93.6 Å². The average molecular weight is 394 g/mol. The Morgan fingerprint density at radius 1 is 1.04 bits per heavy atom. The molecule has 0 aliphatic rings. The van der Waals surface area contributed by atoms with Crippen LogP contribution >= 0.6 is 11.6 Å². The van der Waals surface area contributed by atoms with Crippen LogP contribution in [-0.4, -0.2) is 10.1 Å². The van der Waals surface area contributed by atoms with Crippen molar-refractivity contribution in [3.63, 3.8) is 0 Å². The van der Waals surface area contributed by atoms with Gasteiger partial charge < -0.3 is 14.8 Å². The quantitative estimate of drug-likeness (QED) is 0.509. The summed E-state index contributed by atoms with van der Waals surface area (Å²) in [7, 11) is 0. The average Bonchev–Trinajstić information content (AvgIpc) is 2.72. The molecule has 2 aromatic heterocycles. The number of halogens is 1. The second-order valence-corrected chi connectivity index (χ2v) is 6.87. The van der Waals surface area contributed by atoms with E-state index in [9.17, 15) is 9.90 Å². The summed E-state index contributed by atoms with van der Waals surface area (Å²) in [6.45, 7) is 1.10. The summed E-state index contributed by atoms with van der Waals surface area (Å²) in [5.74, 6) is -0.0616. The largest absolute Gasteiger partial charge is 0.506 e. The van der Waals surface area contributed by atoms with Crippen molar-refractivity contribution in [2.75, 3.05) is 0 Å². The normalized spacial score (nSPS) is 11.0. The van der Waals surface area contributed by atoms with Crippen LogP contribution in [0.5, 0.6) is 5.75 Å². The second kappa shape index (κ2) is 7.84. The molecule has 0 aliphatic heterocycles. The maximum atomic E-state index is 12.2. The molecule has 0 radical (unpaired) electrons. The van der Waals surface area contributed by atoms with E-state index in [4.69, 9.17) is 16.0 Å². The molecule has 0 unspecified atom stereocenters. The number of quaternary nitrogens is 1. The number of pyridine rings is 1. The summed E-state index contributed by atoms with van der Waals surface area (Å²) in [5.41, 5.74) is 3.11. The number of fused-ring (bicyclic) bond motifs is 1. The molecule has 0 bridgehead atoms. The Labute approximate surface area is 166 Å². The van der Waals surface area contributed by atoms with E-state index in [0.717, 1.165) is 16.7 Å². The Hall–Kier alpha value is -3.15. The van der Waals surface area contributed by atoms with E-state index in [-0.39, 0.29) is 10.8 Å². The lowest BCUT2D eigenvalue weighted by Gasteiger charge is -2.12. The van der Waals surface area contributed by atoms with E-state index < -0.39 is 5.63 Å². The number of rotatable bonds is 5. The van der Waals surface area contributed by atoms with Crippen LogP contribution in [0.2, 0.25) is 5.02 Å². The molecule has 4 aromatic rings. The minimum absolute atomic E-state index is 0.0616. The minimum atomic E-state index is -0.469. The fourth-order valence-corrected chi connectivity index (χ4v) is 3.49. The van der Waals surface area contributed by atoms with Gasteiger partial charge in [0.1, 0.15) is 18.8 Å². The van der Waals surface area contributed by atoms with Crippen LogP contribution in [0.1, 0.15) is 11.1 Å². The molecule has 0 aliphatic carbocycles. The third kappa shape index (κ3) is 3.63. The first-order valence-corrected chi connectivity index (χ1v) is 9.25. The minimum Gasteiger partial charge on any atom is -0.506 e. The topological polar surface area (TPSA) is 79.9 Å². The van der Waals surface area contributed by atoms with Crippen molar-refractivity contribution in [2.24, 2.45) is 0 Å². The van der Waals surface area contributed by atoms with E-state index in [1.165, 1.54) is 6.07 Å². The Kier molecular flexibility index (Phi) is 5.10. The van der Waals surface area contributed by atoms with Crippen LogP contribution < -0.4 is 10.9 Å². The summed E-state index contributed by atoms with van der Waals surface area (Å²) in [4.78, 5) is 16.2. The molecule has 0 amide bonds. The summed E-state index contributed by atoms with van der Waals surface area (Å²) in [6, 6.07) is 16.5. The van der Waals surface area contributed by atoms with Gasteiger partial charge in [-0.15, -0.1) is 0 Å². The first-order valence-electron chi connectivity index (χ1n) is 8.87. The smallest absolute Gasteiger partial charge is 0.336 e. The fraction of sp³-hybridized carbons (Fsp3) is 0.0909. The predicted molar refractivity (Wildman–Crippen MR) is 108 cm³/mol. The van der Waals surface area contributed by atoms with Crippen molar-refractivity contribution in [1.82, 2.24) is 4.98 Å². The van der Waals surface area contributed by atoms with Gasteiger partial charge in [0.2, 0.25) is 0 Å². The van der Waals surface area contributed by atoms with Gasteiger partial charge in [-0.05, 0) is 29.3 Å². The van der Waals surface area contributed by atoms with Gasteiger partial charge in [-0.25, -0.2) is 4.79 Å². The summed E-state index contributed by atoms with van der Waals surface area (Å²) < 4.78 is 5.49. The molecule has 0 fully saturated rings. The van der Waals surface area contributed by atoms with Crippen LogP contribution in [0.4, 0.5) is 0 Å². The van der Waals surface area contributed by atoms with Gasteiger partial charge in [-0.1, -0.05) is 41.9 Å². The van der Waals surface area contributed by atoms with Gasteiger partial charge in [-0.3, -0.25) is 4.98 Å². The number of phenols is 1. The SMILES string of the molecule is O=c1cc(-c2ccccc2)c2cc(Cl)c(O)c(C[NH2+]Cc3ccncc3)c2o1. The molecule has 0 spiro atoms. The molecule has 0 saturated carbocycles. The molecule has 3 N–H and O–H groups in total. The van der Waals surface area contributed by atoms with Crippen molar-refractivity contribution in [3.8, 4) is 16.9 Å². The molecule has 5 nitrogen and oxygen atoms in total. The second-order valence-electron chi connectivity index (χ2n) is 6.46. The first-order chi connectivity index (χ1) is 13.6. The van der Waals surface area contributed by atoms with Crippen molar-refractivity contribution < 1.29 is 14.8 Å². The monoisotopic (exact) mass is 393 g/mol. The molecular weight excluding hydrogens is 376 g/mol. The molecule has 28 heavy (non-hydrogen) atoms. The third-order valence-corrected chi connectivity index (χ3v) is 4.91. The van der Waals surface area contributed by atoms with Gasteiger partial charge in [0.05, 0.1) is 10.6 Å². The molecule has 4 rings (SSSR count). The summed E-state index contributed by atoms with van der Waals surface area (Å²) in [6.07, 6.45) is 3.47. The number of nitrogens with two attached hydrogens (primary N) is 1. The van der Waals surface area contributed by atoms with Gasteiger partial charge in [-0.2, -0.15) is 0 Å². The maximum absolute atomic E-state index is 12.2. The number of phenolic OH excluding ortho intramolecular Hbond substituents is 1. The van der Waals surface area contributed by atoms with E-state index >= 15 is 0 Å². The lowest BCUT2D eigenvalue weighted by Crippen LogP contribution is -2.80. The Morgan fingerprint density at radius 2 is 1.79 bits per heavy atom. The van der Waals surface area contributed by atoms with Crippen molar-refractivity contribution in [1.29, 1.82) is 0 Å². The molecule has 2 heterocycles. The van der Waals surface area contributed by atoms with Crippen LogP contribution in [0.25, 0.3) is 22.1 Å². The number of aromatic hydroxyl groups is 1. The standard InChI is InChI=1S/C22H17ClN2O3/c23-19-10-17-16(15-4-2-1-3-5-15)11-20(26)28-22(17)18(21(19)27)13-25-12-14-6-8-24-9-7-14/h1-11,25,27H,12-13H2/p+1. The number of aromatic nitrogens is 1. The Balaban J connectivity index is 1.78. The zero-order valence-corrected chi connectivity index (χ0v) is 15.7.